The minimum atomic E-state index is -0.837. The quantitative estimate of drug-likeness (QED) is 0.837. The second kappa shape index (κ2) is 5.45. The Balaban J connectivity index is 2.86. The van der Waals surface area contributed by atoms with Gasteiger partial charge in [-0.15, -0.1) is 0 Å². The Morgan fingerprint density at radius 2 is 2.13 bits per heavy atom. The van der Waals surface area contributed by atoms with E-state index in [1.165, 1.54) is 12.1 Å². The standard InChI is InChI=1S/C11H14ClFO2/c1-7(5-8(15)6-14)11-9(12)3-2-4-10(11)13/h2-4,7-8,14-15H,5-6H2,1H3. The van der Waals surface area contributed by atoms with Crippen LogP contribution < -0.4 is 0 Å². The molecule has 0 saturated heterocycles. The molecule has 2 unspecified atom stereocenters. The second-order valence-corrected chi connectivity index (χ2v) is 4.02. The van der Waals surface area contributed by atoms with Crippen LogP contribution in [0, 0.1) is 5.82 Å². The first kappa shape index (κ1) is 12.4. The van der Waals surface area contributed by atoms with Gasteiger partial charge in [0.1, 0.15) is 5.82 Å². The van der Waals surface area contributed by atoms with E-state index in [9.17, 15) is 9.50 Å². The molecule has 0 saturated carbocycles. The summed E-state index contributed by atoms with van der Waals surface area (Å²) in [7, 11) is 0. The van der Waals surface area contributed by atoms with E-state index in [-0.39, 0.29) is 24.8 Å². The first-order valence-electron chi connectivity index (χ1n) is 4.79. The molecule has 1 rings (SSSR count). The molecule has 0 radical (unpaired) electrons. The summed E-state index contributed by atoms with van der Waals surface area (Å²) in [4.78, 5) is 0. The molecular formula is C11H14ClFO2. The molecule has 0 aliphatic rings. The predicted molar refractivity (Wildman–Crippen MR) is 57.5 cm³/mol. The van der Waals surface area contributed by atoms with Crippen molar-refractivity contribution in [3.63, 3.8) is 0 Å². The smallest absolute Gasteiger partial charge is 0.128 e. The lowest BCUT2D eigenvalue weighted by Gasteiger charge is -2.16. The van der Waals surface area contributed by atoms with E-state index in [0.717, 1.165) is 0 Å². The van der Waals surface area contributed by atoms with Crippen molar-refractivity contribution < 1.29 is 14.6 Å². The summed E-state index contributed by atoms with van der Waals surface area (Å²) in [5.74, 6) is -0.596. The Hall–Kier alpha value is -0.640. The summed E-state index contributed by atoms with van der Waals surface area (Å²) in [6, 6.07) is 4.49. The van der Waals surface area contributed by atoms with E-state index < -0.39 is 6.10 Å². The van der Waals surface area contributed by atoms with Gasteiger partial charge in [0.2, 0.25) is 0 Å². The second-order valence-electron chi connectivity index (χ2n) is 3.61. The zero-order valence-corrected chi connectivity index (χ0v) is 9.21. The Kier molecular flexibility index (Phi) is 4.51. The maximum atomic E-state index is 13.4. The van der Waals surface area contributed by atoms with Crippen molar-refractivity contribution in [3.05, 3.63) is 34.6 Å². The lowest BCUT2D eigenvalue weighted by molar-refractivity contribution is 0.0832. The van der Waals surface area contributed by atoms with Crippen LogP contribution in [0.2, 0.25) is 5.02 Å². The van der Waals surface area contributed by atoms with Crippen LogP contribution in [0.3, 0.4) is 0 Å². The Labute approximate surface area is 93.3 Å². The molecule has 0 heterocycles. The van der Waals surface area contributed by atoms with Gasteiger partial charge in [0.05, 0.1) is 12.7 Å². The third-order valence-corrected chi connectivity index (χ3v) is 2.66. The lowest BCUT2D eigenvalue weighted by atomic mass is 9.94. The molecule has 0 aliphatic heterocycles. The van der Waals surface area contributed by atoms with Crippen LogP contribution in [0.4, 0.5) is 4.39 Å². The van der Waals surface area contributed by atoms with E-state index in [4.69, 9.17) is 16.7 Å². The predicted octanol–water partition coefficient (Wildman–Crippen LogP) is 2.33. The van der Waals surface area contributed by atoms with Gasteiger partial charge in [0, 0.05) is 10.6 Å². The summed E-state index contributed by atoms with van der Waals surface area (Å²) in [6.07, 6.45) is -0.548. The number of hydrogen-bond acceptors (Lipinski definition) is 2. The maximum absolute atomic E-state index is 13.4. The lowest BCUT2D eigenvalue weighted by Crippen LogP contribution is -2.15. The summed E-state index contributed by atoms with van der Waals surface area (Å²) in [5, 5.41) is 18.3. The number of hydrogen-bond donors (Lipinski definition) is 2. The molecule has 2 N–H and O–H groups in total. The van der Waals surface area contributed by atoms with Gasteiger partial charge in [0.15, 0.2) is 0 Å². The van der Waals surface area contributed by atoms with Crippen LogP contribution >= 0.6 is 11.6 Å². The number of aliphatic hydroxyl groups excluding tert-OH is 2. The first-order valence-corrected chi connectivity index (χ1v) is 5.17. The highest BCUT2D eigenvalue weighted by Crippen LogP contribution is 2.29. The first-order chi connectivity index (χ1) is 7.06. The highest BCUT2D eigenvalue weighted by molar-refractivity contribution is 6.31. The zero-order valence-electron chi connectivity index (χ0n) is 8.45. The third-order valence-electron chi connectivity index (χ3n) is 2.33. The summed E-state index contributed by atoms with van der Waals surface area (Å²) in [5.41, 5.74) is 0.395. The maximum Gasteiger partial charge on any atom is 0.128 e. The number of aliphatic hydroxyl groups is 2. The van der Waals surface area contributed by atoms with Gasteiger partial charge in [-0.05, 0) is 24.5 Å². The van der Waals surface area contributed by atoms with Gasteiger partial charge >= 0.3 is 0 Å². The van der Waals surface area contributed by atoms with Gasteiger partial charge in [-0.1, -0.05) is 24.6 Å². The van der Waals surface area contributed by atoms with Crippen molar-refractivity contribution >= 4 is 11.6 Å². The van der Waals surface area contributed by atoms with Crippen molar-refractivity contribution in [2.45, 2.75) is 25.4 Å². The van der Waals surface area contributed by atoms with Crippen LogP contribution in [-0.2, 0) is 0 Å². The third kappa shape index (κ3) is 3.16. The highest BCUT2D eigenvalue weighted by atomic mass is 35.5. The average molecular weight is 233 g/mol. The summed E-state index contributed by atoms with van der Waals surface area (Å²) in [6.45, 7) is 1.44. The van der Waals surface area contributed by atoms with Crippen molar-refractivity contribution in [2.75, 3.05) is 6.61 Å². The molecule has 0 aromatic heterocycles. The molecule has 84 valence electrons. The van der Waals surface area contributed by atoms with Gasteiger partial charge in [-0.3, -0.25) is 0 Å². The molecule has 1 aromatic carbocycles. The average Bonchev–Trinajstić information content (AvgIpc) is 2.17. The van der Waals surface area contributed by atoms with Crippen molar-refractivity contribution in [3.8, 4) is 0 Å². The zero-order chi connectivity index (χ0) is 11.4. The molecule has 15 heavy (non-hydrogen) atoms. The largest absolute Gasteiger partial charge is 0.394 e. The van der Waals surface area contributed by atoms with Crippen LogP contribution in [-0.4, -0.2) is 22.9 Å². The minimum absolute atomic E-state index is 0.221. The van der Waals surface area contributed by atoms with Crippen molar-refractivity contribution in [1.29, 1.82) is 0 Å². The van der Waals surface area contributed by atoms with E-state index >= 15 is 0 Å². The molecule has 0 aliphatic carbocycles. The summed E-state index contributed by atoms with van der Waals surface area (Å²) >= 11 is 5.87. The molecular weight excluding hydrogens is 219 g/mol. The van der Waals surface area contributed by atoms with E-state index in [2.05, 4.69) is 0 Å². The molecule has 2 nitrogen and oxygen atoms in total. The van der Waals surface area contributed by atoms with E-state index in [1.54, 1.807) is 13.0 Å². The fourth-order valence-electron chi connectivity index (χ4n) is 1.58. The normalized spacial score (nSPS) is 15.0. The molecule has 0 bridgehead atoms. The molecule has 0 spiro atoms. The fourth-order valence-corrected chi connectivity index (χ4v) is 1.93. The minimum Gasteiger partial charge on any atom is -0.394 e. The van der Waals surface area contributed by atoms with Crippen LogP contribution in [0.25, 0.3) is 0 Å². The highest BCUT2D eigenvalue weighted by Gasteiger charge is 2.17. The van der Waals surface area contributed by atoms with Crippen LogP contribution in [0.1, 0.15) is 24.8 Å². The van der Waals surface area contributed by atoms with Gasteiger partial charge in [0.25, 0.3) is 0 Å². The number of benzene rings is 1. The Morgan fingerprint density at radius 1 is 1.47 bits per heavy atom. The molecule has 1 aromatic rings. The van der Waals surface area contributed by atoms with Crippen LogP contribution in [0.15, 0.2) is 18.2 Å². The Morgan fingerprint density at radius 3 is 2.67 bits per heavy atom. The van der Waals surface area contributed by atoms with Crippen molar-refractivity contribution in [2.24, 2.45) is 0 Å². The summed E-state index contributed by atoms with van der Waals surface area (Å²) < 4.78 is 13.4. The van der Waals surface area contributed by atoms with E-state index in [0.29, 0.717) is 10.6 Å². The van der Waals surface area contributed by atoms with Gasteiger partial charge in [-0.25, -0.2) is 4.39 Å². The van der Waals surface area contributed by atoms with Gasteiger partial charge in [-0.2, -0.15) is 0 Å². The van der Waals surface area contributed by atoms with Crippen molar-refractivity contribution in [1.82, 2.24) is 0 Å². The Bertz CT molecular complexity index is 310. The number of halogens is 2. The molecule has 4 heteroatoms. The van der Waals surface area contributed by atoms with E-state index in [1.807, 2.05) is 0 Å². The SMILES string of the molecule is CC(CC(O)CO)c1c(F)cccc1Cl. The fraction of sp³-hybridized carbons (Fsp3) is 0.455. The monoisotopic (exact) mass is 232 g/mol. The molecule has 0 amide bonds. The van der Waals surface area contributed by atoms with Crippen LogP contribution in [0.5, 0.6) is 0 Å². The molecule has 0 fully saturated rings. The number of rotatable bonds is 4. The van der Waals surface area contributed by atoms with Gasteiger partial charge < -0.3 is 10.2 Å². The topological polar surface area (TPSA) is 40.5 Å². The molecule has 2 atom stereocenters.